The first kappa shape index (κ1) is 21.0. The topological polar surface area (TPSA) is 88.9 Å². The van der Waals surface area contributed by atoms with Crippen molar-refractivity contribution >= 4 is 17.5 Å². The lowest BCUT2D eigenvalue weighted by atomic mass is 10.1. The van der Waals surface area contributed by atoms with Crippen LogP contribution in [-0.2, 0) is 4.79 Å². The normalized spacial score (nSPS) is 11.6. The number of rotatable bonds is 6. The minimum absolute atomic E-state index is 0.167. The molecule has 2 amide bonds. The minimum Gasteiger partial charge on any atom is -0.335 e. The van der Waals surface area contributed by atoms with E-state index in [0.717, 1.165) is 11.3 Å². The molecule has 0 aliphatic heterocycles. The van der Waals surface area contributed by atoms with E-state index < -0.39 is 11.9 Å². The summed E-state index contributed by atoms with van der Waals surface area (Å²) in [6.45, 7) is 3.76. The molecule has 1 aromatic heterocycles. The Hall–Kier alpha value is -4.26. The number of aryl methyl sites for hydroxylation is 1. The Balaban J connectivity index is 1.60. The molecule has 0 aliphatic carbocycles. The fraction of sp³-hybridized carbons (Fsp3) is 0.120. The summed E-state index contributed by atoms with van der Waals surface area (Å²) in [5.74, 6) is -0.821. The van der Waals surface area contributed by atoms with Crippen LogP contribution in [0.15, 0.2) is 84.9 Å². The summed E-state index contributed by atoms with van der Waals surface area (Å²) in [6.07, 6.45) is 0. The van der Waals surface area contributed by atoms with E-state index in [1.807, 2.05) is 67.6 Å². The lowest BCUT2D eigenvalue weighted by Gasteiger charge is -2.18. The summed E-state index contributed by atoms with van der Waals surface area (Å²) in [6, 6.07) is 25.1. The molecule has 2 N–H and O–H groups in total. The molecule has 4 rings (SSSR count). The van der Waals surface area contributed by atoms with Crippen LogP contribution >= 0.6 is 0 Å². The third kappa shape index (κ3) is 4.57. The molecular weight excluding hydrogens is 402 g/mol. The van der Waals surface area contributed by atoms with Crippen molar-refractivity contribution in [3.63, 3.8) is 0 Å². The quantitative estimate of drug-likeness (QED) is 0.489. The van der Waals surface area contributed by atoms with E-state index in [4.69, 9.17) is 0 Å². The van der Waals surface area contributed by atoms with Crippen molar-refractivity contribution in [3.05, 3.63) is 107 Å². The number of para-hydroxylation sites is 1. The summed E-state index contributed by atoms with van der Waals surface area (Å²) in [5.41, 5.74) is 3.95. The first-order chi connectivity index (χ1) is 15.5. The molecule has 1 heterocycles. The Bertz CT molecular complexity index is 1240. The third-order valence-electron chi connectivity index (χ3n) is 5.07. The zero-order valence-corrected chi connectivity index (χ0v) is 17.8. The average Bonchev–Trinajstić information content (AvgIpc) is 3.20. The van der Waals surface area contributed by atoms with Crippen LogP contribution in [0.3, 0.4) is 0 Å². The van der Waals surface area contributed by atoms with Crippen molar-refractivity contribution in [1.82, 2.24) is 20.3 Å². The van der Waals surface area contributed by atoms with Crippen LogP contribution < -0.4 is 10.6 Å². The molecule has 0 saturated carbocycles. The van der Waals surface area contributed by atoms with Gasteiger partial charge < -0.3 is 10.6 Å². The maximum absolute atomic E-state index is 13.1. The van der Waals surface area contributed by atoms with Gasteiger partial charge in [0.25, 0.3) is 11.8 Å². The Morgan fingerprint density at radius 1 is 0.875 bits per heavy atom. The molecule has 0 bridgehead atoms. The first-order valence-electron chi connectivity index (χ1n) is 10.2. The van der Waals surface area contributed by atoms with Gasteiger partial charge in [0.05, 0.1) is 11.4 Å². The van der Waals surface area contributed by atoms with Gasteiger partial charge in [0, 0.05) is 5.69 Å². The van der Waals surface area contributed by atoms with Gasteiger partial charge >= 0.3 is 0 Å². The van der Waals surface area contributed by atoms with Crippen LogP contribution in [-0.4, -0.2) is 26.8 Å². The van der Waals surface area contributed by atoms with Crippen molar-refractivity contribution in [2.75, 3.05) is 5.32 Å². The van der Waals surface area contributed by atoms with Gasteiger partial charge in [-0.05, 0) is 49.2 Å². The second-order valence-corrected chi connectivity index (χ2v) is 7.45. The number of aromatic nitrogens is 3. The van der Waals surface area contributed by atoms with Crippen LogP contribution in [0.4, 0.5) is 5.69 Å². The summed E-state index contributed by atoms with van der Waals surface area (Å²) in [7, 11) is 0. The van der Waals surface area contributed by atoms with Gasteiger partial charge in [-0.2, -0.15) is 0 Å². The Kier molecular flexibility index (Phi) is 6.07. The average molecular weight is 425 g/mol. The zero-order chi connectivity index (χ0) is 22.5. The molecule has 0 aliphatic rings. The predicted octanol–water partition coefficient (Wildman–Crippen LogP) is 3.99. The standard InChI is InChI=1S/C25H23N5O2/c1-17-10-9-15-21(16-17)30-18(2)22(28-29-30)24(31)27-23(19-11-5-3-6-12-19)25(32)26-20-13-7-4-8-14-20/h3-16,23H,1-2H3,(H,26,32)(H,27,31). The highest BCUT2D eigenvalue weighted by atomic mass is 16.2. The minimum atomic E-state index is -0.896. The number of benzene rings is 3. The molecule has 0 saturated heterocycles. The molecular formula is C25H23N5O2. The number of hydrogen-bond acceptors (Lipinski definition) is 4. The van der Waals surface area contributed by atoms with E-state index in [0.29, 0.717) is 16.9 Å². The molecule has 3 aromatic carbocycles. The Morgan fingerprint density at radius 2 is 1.56 bits per heavy atom. The number of amides is 2. The highest BCUT2D eigenvalue weighted by molar-refractivity contribution is 6.01. The SMILES string of the molecule is Cc1cccc(-n2nnc(C(=O)NC(C(=O)Nc3ccccc3)c3ccccc3)c2C)c1. The number of carbonyl (C=O) groups is 2. The van der Waals surface area contributed by atoms with Crippen LogP contribution in [0.25, 0.3) is 5.69 Å². The van der Waals surface area contributed by atoms with Crippen LogP contribution in [0, 0.1) is 13.8 Å². The van der Waals surface area contributed by atoms with E-state index in [1.165, 1.54) is 0 Å². The van der Waals surface area contributed by atoms with Gasteiger partial charge in [-0.15, -0.1) is 5.10 Å². The molecule has 4 aromatic rings. The molecule has 0 radical (unpaired) electrons. The lowest BCUT2D eigenvalue weighted by molar-refractivity contribution is -0.118. The molecule has 160 valence electrons. The van der Waals surface area contributed by atoms with E-state index in [9.17, 15) is 9.59 Å². The maximum atomic E-state index is 13.1. The van der Waals surface area contributed by atoms with Gasteiger partial charge in [0.15, 0.2) is 5.69 Å². The number of carbonyl (C=O) groups excluding carboxylic acids is 2. The molecule has 7 heteroatoms. The highest BCUT2D eigenvalue weighted by Gasteiger charge is 2.26. The fourth-order valence-electron chi connectivity index (χ4n) is 3.43. The van der Waals surface area contributed by atoms with Gasteiger partial charge in [-0.3, -0.25) is 9.59 Å². The number of nitrogens with zero attached hydrogens (tertiary/aromatic N) is 3. The first-order valence-corrected chi connectivity index (χ1v) is 10.2. The van der Waals surface area contributed by atoms with Gasteiger partial charge in [-0.25, -0.2) is 4.68 Å². The number of hydrogen-bond donors (Lipinski definition) is 2. The summed E-state index contributed by atoms with van der Waals surface area (Å²) >= 11 is 0. The zero-order valence-electron chi connectivity index (χ0n) is 17.8. The Labute approximate surface area is 186 Å². The van der Waals surface area contributed by atoms with Crippen molar-refractivity contribution in [2.24, 2.45) is 0 Å². The Morgan fingerprint density at radius 3 is 2.25 bits per heavy atom. The maximum Gasteiger partial charge on any atom is 0.274 e. The summed E-state index contributed by atoms with van der Waals surface area (Å²) in [5, 5.41) is 13.9. The van der Waals surface area contributed by atoms with Crippen LogP contribution in [0.5, 0.6) is 0 Å². The van der Waals surface area contributed by atoms with Crippen LogP contribution in [0.2, 0.25) is 0 Å². The smallest absolute Gasteiger partial charge is 0.274 e. The molecule has 32 heavy (non-hydrogen) atoms. The van der Waals surface area contributed by atoms with Gasteiger partial charge in [0.2, 0.25) is 0 Å². The van der Waals surface area contributed by atoms with E-state index >= 15 is 0 Å². The third-order valence-corrected chi connectivity index (χ3v) is 5.07. The molecule has 0 fully saturated rings. The fourth-order valence-corrected chi connectivity index (χ4v) is 3.43. The van der Waals surface area contributed by atoms with Gasteiger partial charge in [0.1, 0.15) is 6.04 Å². The number of anilines is 1. The van der Waals surface area contributed by atoms with Crippen molar-refractivity contribution < 1.29 is 9.59 Å². The van der Waals surface area contributed by atoms with Crippen molar-refractivity contribution in [3.8, 4) is 5.69 Å². The van der Waals surface area contributed by atoms with E-state index in [2.05, 4.69) is 20.9 Å². The van der Waals surface area contributed by atoms with E-state index in [1.54, 1.807) is 35.9 Å². The second-order valence-electron chi connectivity index (χ2n) is 7.45. The van der Waals surface area contributed by atoms with E-state index in [-0.39, 0.29) is 11.6 Å². The van der Waals surface area contributed by atoms with Gasteiger partial charge in [-0.1, -0.05) is 65.9 Å². The summed E-state index contributed by atoms with van der Waals surface area (Å²) < 4.78 is 1.61. The van der Waals surface area contributed by atoms with Crippen molar-refractivity contribution in [1.29, 1.82) is 0 Å². The largest absolute Gasteiger partial charge is 0.335 e. The predicted molar refractivity (Wildman–Crippen MR) is 123 cm³/mol. The summed E-state index contributed by atoms with van der Waals surface area (Å²) in [4.78, 5) is 26.2. The molecule has 1 atom stereocenters. The highest BCUT2D eigenvalue weighted by Crippen LogP contribution is 2.18. The second kappa shape index (κ2) is 9.26. The molecule has 1 unspecified atom stereocenters. The van der Waals surface area contributed by atoms with Crippen LogP contribution in [0.1, 0.15) is 33.4 Å². The molecule has 0 spiro atoms. The number of nitrogens with one attached hydrogen (secondary N) is 2. The molecule has 7 nitrogen and oxygen atoms in total. The van der Waals surface area contributed by atoms with Crippen molar-refractivity contribution in [2.45, 2.75) is 19.9 Å². The lowest BCUT2D eigenvalue weighted by Crippen LogP contribution is -2.37. The monoisotopic (exact) mass is 425 g/mol.